The Balaban J connectivity index is 5.83. The minimum absolute atomic E-state index is 0.0369. The molecule has 0 aromatic rings. The van der Waals surface area contributed by atoms with E-state index in [4.69, 9.17) is 14.2 Å². The summed E-state index contributed by atoms with van der Waals surface area (Å²) in [6.07, 6.45) is 3.78. The summed E-state index contributed by atoms with van der Waals surface area (Å²) in [5.74, 6) is -1.37. The van der Waals surface area contributed by atoms with Gasteiger partial charge in [0, 0.05) is 31.2 Å². The number of unbranched alkanes of at least 4 members (excludes halogenated alkanes) is 2. The number of hydrogen-bond donors (Lipinski definition) is 1. The SMILES string of the molecule is CCCCCC(=O)NC(CCC(=O)OC(C)(C)C)(CCC(=O)OC(C)(C)C)CCC(=O)OC(C)(C)C. The Hall–Kier alpha value is -2.12. The van der Waals surface area contributed by atoms with Gasteiger partial charge in [-0.05, 0) is 88.0 Å². The molecule has 36 heavy (non-hydrogen) atoms. The Morgan fingerprint density at radius 3 is 1.17 bits per heavy atom. The number of hydrogen-bond acceptors (Lipinski definition) is 7. The van der Waals surface area contributed by atoms with Crippen molar-refractivity contribution in [2.75, 3.05) is 0 Å². The Kier molecular flexibility index (Phi) is 13.7. The molecule has 0 rings (SSSR count). The van der Waals surface area contributed by atoms with Crippen molar-refractivity contribution in [2.45, 2.75) is 156 Å². The topological polar surface area (TPSA) is 108 Å². The van der Waals surface area contributed by atoms with Gasteiger partial charge in [0.25, 0.3) is 0 Å². The Bertz CT molecular complexity index is 645. The van der Waals surface area contributed by atoms with Crippen LogP contribution >= 0.6 is 0 Å². The number of nitrogens with one attached hydrogen (secondary N) is 1. The van der Waals surface area contributed by atoms with E-state index in [1.54, 1.807) is 62.3 Å². The van der Waals surface area contributed by atoms with Crippen molar-refractivity contribution in [2.24, 2.45) is 0 Å². The number of ether oxygens (including phenoxy) is 3. The highest BCUT2D eigenvalue weighted by Crippen LogP contribution is 2.29. The fourth-order valence-electron chi connectivity index (χ4n) is 3.66. The number of amides is 1. The van der Waals surface area contributed by atoms with Gasteiger partial charge in [0.2, 0.25) is 5.91 Å². The molecule has 0 fully saturated rings. The summed E-state index contributed by atoms with van der Waals surface area (Å²) in [6.45, 7) is 18.2. The normalized spacial score (nSPS) is 12.6. The van der Waals surface area contributed by atoms with Gasteiger partial charge in [-0.1, -0.05) is 19.8 Å². The lowest BCUT2D eigenvalue weighted by molar-refractivity contribution is -0.155. The van der Waals surface area contributed by atoms with Gasteiger partial charge in [0.1, 0.15) is 16.8 Å². The maximum Gasteiger partial charge on any atom is 0.306 e. The molecule has 0 aromatic carbocycles. The summed E-state index contributed by atoms with van der Waals surface area (Å²) in [6, 6.07) is 0. The van der Waals surface area contributed by atoms with E-state index in [9.17, 15) is 19.2 Å². The molecule has 0 aliphatic carbocycles. The fraction of sp³-hybridized carbons (Fsp3) is 0.857. The minimum Gasteiger partial charge on any atom is -0.460 e. The van der Waals surface area contributed by atoms with Crippen molar-refractivity contribution in [1.29, 1.82) is 0 Å². The van der Waals surface area contributed by atoms with Gasteiger partial charge in [-0.25, -0.2) is 0 Å². The van der Waals surface area contributed by atoms with Crippen LogP contribution in [0.3, 0.4) is 0 Å². The molecule has 1 N–H and O–H groups in total. The van der Waals surface area contributed by atoms with Crippen LogP contribution < -0.4 is 5.32 Å². The summed E-state index contributed by atoms with van der Waals surface area (Å²) in [5, 5.41) is 3.08. The van der Waals surface area contributed by atoms with E-state index >= 15 is 0 Å². The average Bonchev–Trinajstić information content (AvgIpc) is 2.65. The molecule has 0 saturated carbocycles. The monoisotopic (exact) mass is 513 g/mol. The van der Waals surface area contributed by atoms with Crippen molar-refractivity contribution in [3.05, 3.63) is 0 Å². The number of esters is 3. The third-order valence-electron chi connectivity index (χ3n) is 5.10. The first kappa shape index (κ1) is 33.9. The summed E-state index contributed by atoms with van der Waals surface area (Å²) < 4.78 is 16.4. The van der Waals surface area contributed by atoms with Crippen LogP contribution in [0, 0.1) is 0 Å². The highest BCUT2D eigenvalue weighted by Gasteiger charge is 2.35. The van der Waals surface area contributed by atoms with E-state index in [0.29, 0.717) is 6.42 Å². The minimum atomic E-state index is -0.964. The van der Waals surface area contributed by atoms with Gasteiger partial charge in [-0.3, -0.25) is 19.2 Å². The van der Waals surface area contributed by atoms with Crippen molar-refractivity contribution in [1.82, 2.24) is 5.32 Å². The lowest BCUT2D eigenvalue weighted by Gasteiger charge is -2.36. The number of carbonyl (C=O) groups excluding carboxylic acids is 4. The molecule has 0 aromatic heterocycles. The zero-order chi connectivity index (χ0) is 28.2. The van der Waals surface area contributed by atoms with E-state index in [2.05, 4.69) is 12.2 Å². The van der Waals surface area contributed by atoms with Gasteiger partial charge in [-0.15, -0.1) is 0 Å². The van der Waals surface area contributed by atoms with Gasteiger partial charge < -0.3 is 19.5 Å². The summed E-state index contributed by atoms with van der Waals surface area (Å²) in [7, 11) is 0. The molecule has 0 unspecified atom stereocenters. The van der Waals surface area contributed by atoms with E-state index in [-0.39, 0.29) is 44.4 Å². The van der Waals surface area contributed by atoms with Crippen LogP contribution in [0.25, 0.3) is 0 Å². The zero-order valence-electron chi connectivity index (χ0n) is 24.4. The van der Waals surface area contributed by atoms with E-state index in [1.807, 2.05) is 0 Å². The average molecular weight is 514 g/mol. The highest BCUT2D eigenvalue weighted by atomic mass is 16.6. The van der Waals surface area contributed by atoms with Gasteiger partial charge in [-0.2, -0.15) is 0 Å². The summed E-state index contributed by atoms with van der Waals surface area (Å²) in [4.78, 5) is 50.5. The van der Waals surface area contributed by atoms with Crippen LogP contribution in [0.1, 0.15) is 133 Å². The number of rotatable bonds is 14. The maximum atomic E-state index is 12.9. The van der Waals surface area contributed by atoms with Crippen LogP contribution in [0.15, 0.2) is 0 Å². The molecule has 0 atom stereocenters. The molecule has 0 aliphatic heterocycles. The lowest BCUT2D eigenvalue weighted by atomic mass is 9.83. The zero-order valence-corrected chi connectivity index (χ0v) is 24.4. The first-order chi connectivity index (χ1) is 16.3. The lowest BCUT2D eigenvalue weighted by Crippen LogP contribution is -2.50. The van der Waals surface area contributed by atoms with Gasteiger partial charge >= 0.3 is 17.9 Å². The molecule has 0 saturated heterocycles. The smallest absolute Gasteiger partial charge is 0.306 e. The standard InChI is InChI=1S/C28H51NO7/c1-11-12-13-14-21(30)29-28(18-15-22(31)34-25(2,3)4,19-16-23(32)35-26(5,6)7)20-17-24(33)36-27(8,9)10/h11-20H2,1-10H3,(H,29,30). The molecule has 1 amide bonds. The first-order valence-corrected chi connectivity index (χ1v) is 13.2. The predicted molar refractivity (Wildman–Crippen MR) is 140 cm³/mol. The Morgan fingerprint density at radius 1 is 0.556 bits per heavy atom. The molecule has 0 bridgehead atoms. The molecular weight excluding hydrogens is 462 g/mol. The van der Waals surface area contributed by atoms with Crippen LogP contribution in [0.2, 0.25) is 0 Å². The molecule has 0 aliphatic rings. The molecule has 8 heteroatoms. The van der Waals surface area contributed by atoms with Gasteiger partial charge in [0.05, 0.1) is 0 Å². The molecule has 0 heterocycles. The fourth-order valence-corrected chi connectivity index (χ4v) is 3.66. The van der Waals surface area contributed by atoms with Crippen LogP contribution in [-0.4, -0.2) is 46.2 Å². The van der Waals surface area contributed by atoms with Crippen molar-refractivity contribution >= 4 is 23.8 Å². The molecule has 210 valence electrons. The second-order valence-corrected chi connectivity index (χ2v) is 12.5. The third-order valence-corrected chi connectivity index (χ3v) is 5.10. The third kappa shape index (κ3) is 18.2. The largest absolute Gasteiger partial charge is 0.460 e. The van der Waals surface area contributed by atoms with Crippen LogP contribution in [-0.2, 0) is 33.4 Å². The molecular formula is C28H51NO7. The van der Waals surface area contributed by atoms with Crippen LogP contribution in [0.4, 0.5) is 0 Å². The second-order valence-electron chi connectivity index (χ2n) is 12.5. The summed E-state index contributed by atoms with van der Waals surface area (Å²) >= 11 is 0. The molecule has 0 spiro atoms. The van der Waals surface area contributed by atoms with Crippen molar-refractivity contribution in [3.63, 3.8) is 0 Å². The molecule has 8 nitrogen and oxygen atoms in total. The Labute approximate surface area is 218 Å². The van der Waals surface area contributed by atoms with Crippen LogP contribution in [0.5, 0.6) is 0 Å². The maximum absolute atomic E-state index is 12.9. The number of carbonyl (C=O) groups is 4. The quantitative estimate of drug-likeness (QED) is 0.178. The second kappa shape index (κ2) is 14.6. The van der Waals surface area contributed by atoms with Crippen molar-refractivity contribution in [3.8, 4) is 0 Å². The van der Waals surface area contributed by atoms with E-state index in [0.717, 1.165) is 19.3 Å². The summed E-state index contributed by atoms with van der Waals surface area (Å²) in [5.41, 5.74) is -2.89. The first-order valence-electron chi connectivity index (χ1n) is 13.2. The predicted octanol–water partition coefficient (Wildman–Crippen LogP) is 5.79. The van der Waals surface area contributed by atoms with Gasteiger partial charge in [0.15, 0.2) is 0 Å². The Morgan fingerprint density at radius 2 is 0.889 bits per heavy atom. The van der Waals surface area contributed by atoms with E-state index < -0.39 is 40.2 Å². The van der Waals surface area contributed by atoms with E-state index in [1.165, 1.54) is 0 Å². The molecule has 0 radical (unpaired) electrons. The highest BCUT2D eigenvalue weighted by molar-refractivity contribution is 5.78. The van der Waals surface area contributed by atoms with Crippen molar-refractivity contribution < 1.29 is 33.4 Å².